The van der Waals surface area contributed by atoms with Gasteiger partial charge >= 0.3 is 6.07 Å². The lowest BCUT2D eigenvalue weighted by Crippen LogP contribution is -2.04. The van der Waals surface area contributed by atoms with Crippen LogP contribution in [-0.4, -0.2) is 0 Å². The summed E-state index contributed by atoms with van der Waals surface area (Å²) in [6.45, 7) is 0. The lowest BCUT2D eigenvalue weighted by atomic mass is 10.2. The van der Waals surface area contributed by atoms with Crippen molar-refractivity contribution in [2.24, 2.45) is 0 Å². The molecule has 4 heteroatoms. The summed E-state index contributed by atoms with van der Waals surface area (Å²) in [4.78, 5) is 11.6. The number of rotatable bonds is 0. The van der Waals surface area contributed by atoms with Crippen molar-refractivity contribution in [1.82, 2.24) is 0 Å². The second kappa shape index (κ2) is 3.23. The average Bonchev–Trinajstić information content (AvgIpc) is 2.23. The third-order valence-electron chi connectivity index (χ3n) is 1.85. The summed E-state index contributed by atoms with van der Waals surface area (Å²) in [6.07, 6.45) is 1.17. The van der Waals surface area contributed by atoms with Gasteiger partial charge in [0.15, 0.2) is 5.56 Å². The number of para-hydroxylation sites is 1. The molecular weight excluding hydrogens is 182 g/mol. The Morgan fingerprint density at radius 2 is 2.14 bits per heavy atom. The van der Waals surface area contributed by atoms with Crippen LogP contribution in [0.2, 0.25) is 0 Å². The zero-order valence-electron chi connectivity index (χ0n) is 7.06. The third-order valence-corrected chi connectivity index (χ3v) is 1.85. The maximum Gasteiger partial charge on any atom is 0.344 e. The van der Waals surface area contributed by atoms with Gasteiger partial charge in [-0.1, -0.05) is 12.1 Å². The predicted molar refractivity (Wildman–Crippen MR) is 52.2 cm³/mol. The molecule has 0 spiro atoms. The van der Waals surface area contributed by atoms with E-state index < -0.39 is 0 Å². The van der Waals surface area contributed by atoms with Gasteiger partial charge in [-0.15, -0.1) is 0 Å². The van der Waals surface area contributed by atoms with E-state index in [2.05, 4.69) is 5.01 Å². The molecule has 0 atom stereocenters. The molecule has 0 aliphatic carbocycles. The molecule has 14 heavy (non-hydrogen) atoms. The maximum atomic E-state index is 11.6. The molecule has 1 aromatic heterocycles. The quantitative estimate of drug-likeness (QED) is 0.592. The van der Waals surface area contributed by atoms with E-state index in [0.29, 0.717) is 11.0 Å². The van der Waals surface area contributed by atoms with Crippen molar-refractivity contribution in [2.45, 2.75) is 0 Å². The largest absolute Gasteiger partial charge is 0.498 e. The normalized spacial score (nSPS) is 9.43. The number of fused-ring (bicyclic) bond motifs is 1. The van der Waals surface area contributed by atoms with E-state index in [-0.39, 0.29) is 11.0 Å². The SMILES string of the molecule is O=c1c(C#[N+][O-])coc2ccccc12. The Morgan fingerprint density at radius 1 is 1.36 bits per heavy atom. The highest BCUT2D eigenvalue weighted by Gasteiger charge is 2.07. The van der Waals surface area contributed by atoms with Gasteiger partial charge in [-0.05, 0) is 12.1 Å². The van der Waals surface area contributed by atoms with Crippen LogP contribution in [0.3, 0.4) is 0 Å². The summed E-state index contributed by atoms with van der Waals surface area (Å²) in [5.74, 6) is 0. The van der Waals surface area contributed by atoms with Crippen LogP contribution in [0.1, 0.15) is 5.56 Å². The van der Waals surface area contributed by atoms with Gasteiger partial charge in [0.25, 0.3) is 0 Å². The van der Waals surface area contributed by atoms with Crippen molar-refractivity contribution in [2.75, 3.05) is 0 Å². The molecule has 0 radical (unpaired) electrons. The molecule has 0 amide bonds. The van der Waals surface area contributed by atoms with Crippen molar-refractivity contribution >= 4 is 11.0 Å². The summed E-state index contributed by atoms with van der Waals surface area (Å²) in [5, 5.41) is 12.8. The van der Waals surface area contributed by atoms with E-state index in [9.17, 15) is 10.0 Å². The third kappa shape index (κ3) is 1.21. The summed E-state index contributed by atoms with van der Waals surface area (Å²) in [6, 6.07) is 8.81. The first-order valence-electron chi connectivity index (χ1n) is 3.92. The first-order chi connectivity index (χ1) is 6.83. The van der Waals surface area contributed by atoms with Crippen molar-refractivity contribution < 1.29 is 4.42 Å². The minimum Gasteiger partial charge on any atom is -0.498 e. The number of hydrogen-bond acceptors (Lipinski definition) is 3. The lowest BCUT2D eigenvalue weighted by molar-refractivity contribution is 0.600. The van der Waals surface area contributed by atoms with Crippen LogP contribution >= 0.6 is 0 Å². The molecule has 68 valence electrons. The Hall–Kier alpha value is -2.28. The van der Waals surface area contributed by atoms with Crippen LogP contribution in [0.15, 0.2) is 39.7 Å². The fourth-order valence-electron chi connectivity index (χ4n) is 1.20. The van der Waals surface area contributed by atoms with Gasteiger partial charge in [0, 0.05) is 5.01 Å². The van der Waals surface area contributed by atoms with E-state index in [4.69, 9.17) is 4.42 Å². The highest BCUT2D eigenvalue weighted by Crippen LogP contribution is 2.09. The summed E-state index contributed by atoms with van der Waals surface area (Å²) >= 11 is 0. The topological polar surface area (TPSA) is 57.6 Å². The second-order valence-electron chi connectivity index (χ2n) is 2.68. The fraction of sp³-hybridized carbons (Fsp3) is 0. The van der Waals surface area contributed by atoms with Crippen LogP contribution in [0.25, 0.3) is 16.0 Å². The molecule has 0 unspecified atom stereocenters. The minimum atomic E-state index is -0.300. The van der Waals surface area contributed by atoms with Gasteiger partial charge in [-0.2, -0.15) is 0 Å². The summed E-state index contributed by atoms with van der Waals surface area (Å²) in [7, 11) is 0. The highest BCUT2D eigenvalue weighted by molar-refractivity contribution is 5.77. The van der Waals surface area contributed by atoms with Gasteiger partial charge in [-0.25, -0.2) is 0 Å². The van der Waals surface area contributed by atoms with E-state index in [1.165, 1.54) is 6.26 Å². The van der Waals surface area contributed by atoms with Gasteiger partial charge in [0.1, 0.15) is 11.8 Å². The smallest absolute Gasteiger partial charge is 0.344 e. The van der Waals surface area contributed by atoms with Crippen LogP contribution in [0.4, 0.5) is 0 Å². The van der Waals surface area contributed by atoms with Crippen molar-refractivity contribution in [1.29, 1.82) is 0 Å². The first kappa shape index (κ1) is 8.32. The van der Waals surface area contributed by atoms with Gasteiger partial charge in [0.05, 0.1) is 5.39 Å². The van der Waals surface area contributed by atoms with Gasteiger partial charge in [0.2, 0.25) is 5.43 Å². The molecule has 0 saturated carbocycles. The van der Waals surface area contributed by atoms with Crippen molar-refractivity contribution in [3.63, 3.8) is 0 Å². The fourth-order valence-corrected chi connectivity index (χ4v) is 1.20. The molecule has 4 nitrogen and oxygen atoms in total. The molecule has 2 rings (SSSR count). The highest BCUT2D eigenvalue weighted by atomic mass is 16.4. The molecule has 0 aliphatic heterocycles. The zero-order valence-corrected chi connectivity index (χ0v) is 7.06. The molecule has 1 aromatic carbocycles. The van der Waals surface area contributed by atoms with Gasteiger partial charge < -0.3 is 9.62 Å². The molecular formula is C10H5NO3. The second-order valence-corrected chi connectivity index (χ2v) is 2.68. The van der Waals surface area contributed by atoms with Crippen LogP contribution in [0.5, 0.6) is 0 Å². The van der Waals surface area contributed by atoms with Gasteiger partial charge in [-0.3, -0.25) is 4.79 Å². The summed E-state index contributed by atoms with van der Waals surface area (Å²) < 4.78 is 5.11. The van der Waals surface area contributed by atoms with Crippen LogP contribution in [0, 0.1) is 11.3 Å². The Labute approximate surface area is 78.8 Å². The van der Waals surface area contributed by atoms with E-state index >= 15 is 0 Å². The molecule has 0 bridgehead atoms. The molecule has 1 heterocycles. The molecule has 2 aromatic rings. The minimum absolute atomic E-state index is 0.0405. The number of hydrogen-bond donors (Lipinski definition) is 0. The molecule has 0 N–H and O–H groups in total. The lowest BCUT2D eigenvalue weighted by Gasteiger charge is -1.93. The number of nitrogens with zero attached hydrogens (tertiary/aromatic N) is 1. The molecule has 0 fully saturated rings. The predicted octanol–water partition coefficient (Wildman–Crippen LogP) is 1.97. The van der Waals surface area contributed by atoms with E-state index in [1.54, 1.807) is 24.3 Å². The standard InChI is InChI=1S/C10H5NO3/c12-10-7(5-11-13)6-14-9-4-2-1-3-8(9)10/h1-4,6H. The number of benzene rings is 1. The monoisotopic (exact) mass is 187 g/mol. The maximum absolute atomic E-state index is 11.6. The van der Waals surface area contributed by atoms with E-state index in [0.717, 1.165) is 0 Å². The molecule has 0 saturated heterocycles. The Kier molecular flexibility index (Phi) is 1.92. The van der Waals surface area contributed by atoms with Crippen molar-refractivity contribution in [3.8, 4) is 6.07 Å². The van der Waals surface area contributed by atoms with Crippen LogP contribution in [-0.2, 0) is 0 Å². The van der Waals surface area contributed by atoms with Crippen LogP contribution < -0.4 is 5.43 Å². The summed E-state index contributed by atoms with van der Waals surface area (Å²) in [5.41, 5.74) is 0.221. The molecule has 0 aliphatic rings. The average molecular weight is 187 g/mol. The Bertz CT molecular complexity index is 589. The Balaban J connectivity index is 2.86. The first-order valence-corrected chi connectivity index (χ1v) is 3.92. The van der Waals surface area contributed by atoms with Crippen molar-refractivity contribution in [3.05, 3.63) is 56.5 Å². The zero-order chi connectivity index (χ0) is 9.97. The van der Waals surface area contributed by atoms with E-state index in [1.807, 2.05) is 6.07 Å². The Morgan fingerprint density at radius 3 is 2.93 bits per heavy atom.